The fourth-order valence-corrected chi connectivity index (χ4v) is 6.55. The molecule has 0 saturated heterocycles. The molecule has 0 fully saturated rings. The van der Waals surface area contributed by atoms with Gasteiger partial charge in [-0.3, -0.25) is 9.97 Å². The van der Waals surface area contributed by atoms with Gasteiger partial charge in [-0.1, -0.05) is 72.8 Å². The van der Waals surface area contributed by atoms with Crippen molar-refractivity contribution in [3.8, 4) is 11.3 Å². The first-order valence-corrected chi connectivity index (χ1v) is 15.2. The Balaban J connectivity index is 1.92. The molecule has 1 heterocycles. The lowest BCUT2D eigenvalue weighted by atomic mass is 9.67. The second-order valence-corrected chi connectivity index (χ2v) is 11.3. The molecule has 0 atom stereocenters. The molecular weight excluding hydrogens is 524 g/mol. The van der Waals surface area contributed by atoms with Gasteiger partial charge in [-0.15, -0.1) is 26.3 Å². The van der Waals surface area contributed by atoms with Crippen molar-refractivity contribution in [2.24, 2.45) is 0 Å². The highest BCUT2D eigenvalue weighted by atomic mass is 14.8. The average molecular weight is 567 g/mol. The zero-order chi connectivity index (χ0) is 30.4. The van der Waals surface area contributed by atoms with E-state index in [9.17, 15) is 0 Å². The SMILES string of the molecule is C=CCCc1cc(C2(c3cc(CCC=C)c(N)c(CCC=C)c3)c3ccccc3-c3nccnc32)cc(CCC=C)c1N. The lowest BCUT2D eigenvalue weighted by molar-refractivity contribution is 0.726. The van der Waals surface area contributed by atoms with E-state index in [1.54, 1.807) is 6.20 Å². The monoisotopic (exact) mass is 566 g/mol. The maximum atomic E-state index is 6.85. The van der Waals surface area contributed by atoms with E-state index in [1.807, 2.05) is 30.5 Å². The van der Waals surface area contributed by atoms with Gasteiger partial charge in [0, 0.05) is 29.3 Å². The number of aryl methyl sites for hydroxylation is 4. The molecule has 218 valence electrons. The molecular formula is C39H42N4. The summed E-state index contributed by atoms with van der Waals surface area (Å²) >= 11 is 0. The minimum atomic E-state index is -0.709. The minimum Gasteiger partial charge on any atom is -0.398 e. The number of hydrogen-bond acceptors (Lipinski definition) is 4. The molecule has 3 aromatic carbocycles. The van der Waals surface area contributed by atoms with E-state index in [0.717, 1.165) is 113 Å². The van der Waals surface area contributed by atoms with Gasteiger partial charge in [0.15, 0.2) is 0 Å². The molecule has 4 aromatic rings. The highest BCUT2D eigenvalue weighted by molar-refractivity contribution is 5.83. The molecule has 4 heteroatoms. The summed E-state index contributed by atoms with van der Waals surface area (Å²) in [5, 5.41) is 0. The third-order valence-corrected chi connectivity index (χ3v) is 8.68. The van der Waals surface area contributed by atoms with Crippen LogP contribution in [0.3, 0.4) is 0 Å². The fourth-order valence-electron chi connectivity index (χ4n) is 6.55. The molecule has 0 bridgehead atoms. The first-order valence-electron chi connectivity index (χ1n) is 15.2. The second kappa shape index (κ2) is 13.1. The largest absolute Gasteiger partial charge is 0.398 e. The Morgan fingerprint density at radius 3 is 1.47 bits per heavy atom. The first-order chi connectivity index (χ1) is 21.0. The fraction of sp³-hybridized carbons (Fsp3) is 0.231. The van der Waals surface area contributed by atoms with Crippen LogP contribution in [-0.2, 0) is 31.1 Å². The predicted molar refractivity (Wildman–Crippen MR) is 182 cm³/mol. The molecule has 0 spiro atoms. The van der Waals surface area contributed by atoms with Crippen LogP contribution in [0.4, 0.5) is 11.4 Å². The number of nitrogens with zero attached hydrogens (tertiary/aromatic N) is 2. The summed E-state index contributed by atoms with van der Waals surface area (Å²) in [6.07, 6.45) is 18.0. The molecule has 4 nitrogen and oxygen atoms in total. The van der Waals surface area contributed by atoms with Gasteiger partial charge in [0.2, 0.25) is 0 Å². The van der Waals surface area contributed by atoms with Gasteiger partial charge in [-0.25, -0.2) is 0 Å². The maximum Gasteiger partial charge on any atom is 0.0937 e. The van der Waals surface area contributed by atoms with Gasteiger partial charge in [-0.2, -0.15) is 0 Å². The molecule has 0 unspecified atom stereocenters. The minimum absolute atomic E-state index is 0.709. The number of hydrogen-bond donors (Lipinski definition) is 2. The molecule has 0 aliphatic heterocycles. The summed E-state index contributed by atoms with van der Waals surface area (Å²) in [4.78, 5) is 10.0. The lowest BCUT2D eigenvalue weighted by Crippen LogP contribution is -2.31. The second-order valence-electron chi connectivity index (χ2n) is 11.3. The van der Waals surface area contributed by atoms with Crippen LogP contribution in [0.5, 0.6) is 0 Å². The predicted octanol–water partition coefficient (Wildman–Crippen LogP) is 8.48. The van der Waals surface area contributed by atoms with Crippen LogP contribution in [0.1, 0.15) is 70.3 Å². The van der Waals surface area contributed by atoms with Gasteiger partial charge in [0.05, 0.1) is 16.8 Å². The van der Waals surface area contributed by atoms with Crippen LogP contribution < -0.4 is 11.5 Å². The summed E-state index contributed by atoms with van der Waals surface area (Å²) in [6, 6.07) is 17.7. The summed E-state index contributed by atoms with van der Waals surface area (Å²) in [6.45, 7) is 15.9. The van der Waals surface area contributed by atoms with Crippen LogP contribution in [0.15, 0.2) is 112 Å². The molecule has 1 aliphatic carbocycles. The van der Waals surface area contributed by atoms with Crippen molar-refractivity contribution in [3.63, 3.8) is 0 Å². The van der Waals surface area contributed by atoms with Crippen LogP contribution >= 0.6 is 0 Å². The molecule has 1 aromatic heterocycles. The Bertz CT molecular complexity index is 1490. The summed E-state index contributed by atoms with van der Waals surface area (Å²) < 4.78 is 0. The molecule has 43 heavy (non-hydrogen) atoms. The Morgan fingerprint density at radius 1 is 0.605 bits per heavy atom. The topological polar surface area (TPSA) is 77.8 Å². The maximum absolute atomic E-state index is 6.85. The molecule has 1 aliphatic rings. The number of fused-ring (bicyclic) bond motifs is 3. The van der Waals surface area contributed by atoms with Crippen molar-refractivity contribution in [2.75, 3.05) is 11.5 Å². The van der Waals surface area contributed by atoms with Crippen LogP contribution in [0, 0.1) is 0 Å². The third-order valence-electron chi connectivity index (χ3n) is 8.68. The molecule has 0 amide bonds. The first kappa shape index (κ1) is 29.8. The quantitative estimate of drug-likeness (QED) is 0.104. The summed E-state index contributed by atoms with van der Waals surface area (Å²) in [5.74, 6) is 0. The lowest BCUT2D eigenvalue weighted by Gasteiger charge is -2.35. The van der Waals surface area contributed by atoms with E-state index >= 15 is 0 Å². The average Bonchev–Trinajstić information content (AvgIpc) is 3.34. The highest BCUT2D eigenvalue weighted by Gasteiger charge is 2.49. The van der Waals surface area contributed by atoms with Gasteiger partial charge < -0.3 is 11.5 Å². The van der Waals surface area contributed by atoms with E-state index in [2.05, 4.69) is 74.8 Å². The number of rotatable bonds is 14. The molecule has 5 rings (SSSR count). The van der Waals surface area contributed by atoms with E-state index in [1.165, 1.54) is 5.56 Å². The number of aromatic nitrogens is 2. The summed E-state index contributed by atoms with van der Waals surface area (Å²) in [5.41, 5.74) is 25.6. The Morgan fingerprint density at radius 2 is 1.02 bits per heavy atom. The van der Waals surface area contributed by atoms with Gasteiger partial charge in [0.1, 0.15) is 0 Å². The Kier molecular flexibility index (Phi) is 9.06. The van der Waals surface area contributed by atoms with Crippen molar-refractivity contribution < 1.29 is 0 Å². The standard InChI is InChI=1S/C39H42N4/c1-5-9-15-27-23-31(24-28(35(27)40)16-10-6-2)39(34-20-14-13-19-33(34)37-38(39)43-22-21-42-37)32-25-29(17-11-7-3)36(41)30(26-32)18-12-8-4/h5-8,13-14,19-26H,1-4,9-12,15-18,40-41H2. The third kappa shape index (κ3) is 5.34. The van der Waals surface area contributed by atoms with Crippen molar-refractivity contribution >= 4 is 11.4 Å². The van der Waals surface area contributed by atoms with Gasteiger partial charge >= 0.3 is 0 Å². The molecule has 0 saturated carbocycles. The highest BCUT2D eigenvalue weighted by Crippen LogP contribution is 2.55. The van der Waals surface area contributed by atoms with E-state index in [0.29, 0.717) is 0 Å². The van der Waals surface area contributed by atoms with Crippen molar-refractivity contribution in [1.29, 1.82) is 0 Å². The number of benzene rings is 3. The zero-order valence-electron chi connectivity index (χ0n) is 25.1. The van der Waals surface area contributed by atoms with Gasteiger partial charge in [-0.05, 0) is 90.3 Å². The van der Waals surface area contributed by atoms with E-state index < -0.39 is 5.41 Å². The van der Waals surface area contributed by atoms with Crippen LogP contribution in [0.25, 0.3) is 11.3 Å². The number of anilines is 2. The van der Waals surface area contributed by atoms with Gasteiger partial charge in [0.25, 0.3) is 0 Å². The van der Waals surface area contributed by atoms with Crippen molar-refractivity contribution in [2.45, 2.75) is 56.8 Å². The van der Waals surface area contributed by atoms with E-state index in [4.69, 9.17) is 21.4 Å². The number of nitrogens with two attached hydrogens (primary N) is 2. The molecule has 4 N–H and O–H groups in total. The van der Waals surface area contributed by atoms with Crippen molar-refractivity contribution in [1.82, 2.24) is 9.97 Å². The molecule has 0 radical (unpaired) electrons. The number of allylic oxidation sites excluding steroid dienone is 4. The number of nitrogen functional groups attached to an aromatic ring is 2. The van der Waals surface area contributed by atoms with Crippen LogP contribution in [0.2, 0.25) is 0 Å². The normalized spacial score (nSPS) is 12.7. The summed E-state index contributed by atoms with van der Waals surface area (Å²) in [7, 11) is 0. The zero-order valence-corrected chi connectivity index (χ0v) is 25.1. The van der Waals surface area contributed by atoms with E-state index in [-0.39, 0.29) is 0 Å². The smallest absolute Gasteiger partial charge is 0.0937 e. The Labute approximate surface area is 256 Å². The Hall–Kier alpha value is -4.70. The van der Waals surface area contributed by atoms with Crippen LogP contribution in [-0.4, -0.2) is 9.97 Å². The van der Waals surface area contributed by atoms with Crippen molar-refractivity contribution in [3.05, 3.63) is 156 Å².